The molecule has 1 unspecified atom stereocenters. The largest absolute Gasteiger partial charge is 0.356 e. The van der Waals surface area contributed by atoms with Crippen molar-refractivity contribution in [2.45, 2.75) is 25.3 Å². The summed E-state index contributed by atoms with van der Waals surface area (Å²) in [5.74, 6) is 0.885. The van der Waals surface area contributed by atoms with Gasteiger partial charge in [-0.25, -0.2) is 0 Å². The highest BCUT2D eigenvalue weighted by molar-refractivity contribution is 14.0. The van der Waals surface area contributed by atoms with E-state index in [4.69, 9.17) is 0 Å². The first kappa shape index (κ1) is 21.7. The van der Waals surface area contributed by atoms with E-state index in [-0.39, 0.29) is 29.4 Å². The van der Waals surface area contributed by atoms with E-state index in [1.165, 1.54) is 4.88 Å². The third-order valence-corrected chi connectivity index (χ3v) is 5.83. The zero-order valence-corrected chi connectivity index (χ0v) is 18.6. The highest BCUT2D eigenvalue weighted by Gasteiger charge is 2.24. The minimum atomic E-state index is 0. The second-order valence-corrected chi connectivity index (χ2v) is 8.01. The number of likely N-dealkylation sites (N-methyl/N-ethyl adjacent to an activating group) is 2. The number of thiophene rings is 1. The van der Waals surface area contributed by atoms with E-state index < -0.39 is 0 Å². The smallest absolute Gasteiger partial charge is 0.191 e. The maximum Gasteiger partial charge on any atom is 0.191 e. The van der Waals surface area contributed by atoms with Crippen molar-refractivity contribution >= 4 is 41.3 Å². The van der Waals surface area contributed by atoms with Crippen LogP contribution in [-0.4, -0.2) is 75.7 Å². The molecule has 0 bridgehead atoms. The molecule has 1 aromatic rings. The predicted molar refractivity (Wildman–Crippen MR) is 116 cm³/mol. The summed E-state index contributed by atoms with van der Waals surface area (Å²) < 4.78 is 0. The Hall–Kier alpha value is -0.380. The maximum absolute atomic E-state index is 4.37. The van der Waals surface area contributed by atoms with Crippen LogP contribution in [0.25, 0.3) is 0 Å². The summed E-state index contributed by atoms with van der Waals surface area (Å²) in [5.41, 5.74) is 0.105. The summed E-state index contributed by atoms with van der Waals surface area (Å²) in [7, 11) is 6.23. The Morgan fingerprint density at radius 2 is 2.08 bits per heavy atom. The van der Waals surface area contributed by atoms with Gasteiger partial charge < -0.3 is 15.5 Å². The molecule has 24 heavy (non-hydrogen) atoms. The quantitative estimate of drug-likeness (QED) is 0.397. The zero-order chi connectivity index (χ0) is 16.9. The predicted octanol–water partition coefficient (Wildman–Crippen LogP) is 2.05. The van der Waals surface area contributed by atoms with Gasteiger partial charge in [0.15, 0.2) is 5.96 Å². The average molecular weight is 465 g/mol. The van der Waals surface area contributed by atoms with Gasteiger partial charge in [0, 0.05) is 56.1 Å². The van der Waals surface area contributed by atoms with Crippen LogP contribution in [0.15, 0.2) is 22.5 Å². The Bertz CT molecular complexity index is 503. The molecule has 2 heterocycles. The molecule has 0 aromatic carbocycles. The highest BCUT2D eigenvalue weighted by Crippen LogP contribution is 2.26. The normalized spacial score (nSPS) is 20.5. The number of rotatable bonds is 5. The van der Waals surface area contributed by atoms with E-state index in [1.807, 2.05) is 18.4 Å². The maximum atomic E-state index is 4.37. The van der Waals surface area contributed by atoms with E-state index in [1.54, 1.807) is 0 Å². The number of hydrogen-bond acceptors (Lipinski definition) is 4. The third-order valence-electron chi connectivity index (χ3n) is 4.59. The molecule has 1 aliphatic heterocycles. The molecule has 5 nitrogen and oxygen atoms in total. The Labute approximate surface area is 167 Å². The zero-order valence-electron chi connectivity index (χ0n) is 15.5. The minimum absolute atomic E-state index is 0. The van der Waals surface area contributed by atoms with Gasteiger partial charge in [-0.15, -0.1) is 35.3 Å². The second kappa shape index (κ2) is 9.94. The van der Waals surface area contributed by atoms with Gasteiger partial charge in [0.1, 0.15) is 0 Å². The van der Waals surface area contributed by atoms with Crippen LogP contribution in [0.2, 0.25) is 0 Å². The van der Waals surface area contributed by atoms with Gasteiger partial charge in [0.05, 0.1) is 0 Å². The van der Waals surface area contributed by atoms with Crippen LogP contribution in [0.1, 0.15) is 18.7 Å². The number of halogens is 1. The topological polar surface area (TPSA) is 42.9 Å². The average Bonchev–Trinajstić information content (AvgIpc) is 3.06. The Morgan fingerprint density at radius 3 is 2.71 bits per heavy atom. The minimum Gasteiger partial charge on any atom is -0.356 e. The van der Waals surface area contributed by atoms with Crippen LogP contribution < -0.4 is 10.6 Å². The van der Waals surface area contributed by atoms with Crippen molar-refractivity contribution in [3.63, 3.8) is 0 Å². The van der Waals surface area contributed by atoms with Gasteiger partial charge in [-0.2, -0.15) is 0 Å². The fourth-order valence-corrected chi connectivity index (χ4v) is 3.66. The molecule has 1 saturated heterocycles. The SMILES string of the molecule is CN=C(NCC1CN(C)CCN1C)NCC(C)(C)c1cccs1.I. The third kappa shape index (κ3) is 6.16. The molecular formula is C17H32IN5S. The second-order valence-electron chi connectivity index (χ2n) is 7.06. The standard InChI is InChI=1S/C17H31N5S.HI/c1-17(2,15-7-6-10-23-15)13-20-16(18-3)19-11-14-12-21(4)8-9-22(14)5;/h6-7,10,14H,8-9,11-13H2,1-5H3,(H2,18,19,20);1H. The van der Waals surface area contributed by atoms with E-state index in [0.29, 0.717) is 6.04 Å². The first-order valence-corrected chi connectivity index (χ1v) is 9.17. The molecule has 0 spiro atoms. The first-order chi connectivity index (χ1) is 10.9. The summed E-state index contributed by atoms with van der Waals surface area (Å²) in [6.45, 7) is 9.69. The molecule has 2 N–H and O–H groups in total. The van der Waals surface area contributed by atoms with Crippen LogP contribution >= 0.6 is 35.3 Å². The molecule has 1 aliphatic rings. The van der Waals surface area contributed by atoms with Gasteiger partial charge in [-0.3, -0.25) is 9.89 Å². The molecule has 7 heteroatoms. The summed E-state index contributed by atoms with van der Waals surface area (Å²) in [5, 5.41) is 9.10. The van der Waals surface area contributed by atoms with Crippen molar-refractivity contribution < 1.29 is 0 Å². The van der Waals surface area contributed by atoms with Crippen molar-refractivity contribution in [1.29, 1.82) is 0 Å². The summed E-state index contributed by atoms with van der Waals surface area (Å²) in [6, 6.07) is 4.84. The summed E-state index contributed by atoms with van der Waals surface area (Å²) in [6.07, 6.45) is 0. The molecule has 138 valence electrons. The first-order valence-electron chi connectivity index (χ1n) is 8.29. The van der Waals surface area contributed by atoms with Crippen molar-refractivity contribution in [2.24, 2.45) is 4.99 Å². The summed E-state index contributed by atoms with van der Waals surface area (Å²) in [4.78, 5) is 10.6. The van der Waals surface area contributed by atoms with Crippen molar-refractivity contribution in [3.8, 4) is 0 Å². The van der Waals surface area contributed by atoms with Crippen LogP contribution in [0.5, 0.6) is 0 Å². The van der Waals surface area contributed by atoms with Gasteiger partial charge in [-0.05, 0) is 25.5 Å². The number of nitrogens with zero attached hydrogens (tertiary/aromatic N) is 3. The molecule has 2 rings (SSSR count). The highest BCUT2D eigenvalue weighted by atomic mass is 127. The molecule has 0 amide bonds. The Morgan fingerprint density at radius 1 is 1.33 bits per heavy atom. The number of hydrogen-bond donors (Lipinski definition) is 2. The van der Waals surface area contributed by atoms with Crippen LogP contribution in [0.3, 0.4) is 0 Å². The van der Waals surface area contributed by atoms with Gasteiger partial charge in [0.2, 0.25) is 0 Å². The van der Waals surface area contributed by atoms with Gasteiger partial charge in [0.25, 0.3) is 0 Å². The molecule has 0 aliphatic carbocycles. The van der Waals surface area contributed by atoms with Gasteiger partial charge in [-0.1, -0.05) is 19.9 Å². The fourth-order valence-electron chi connectivity index (χ4n) is 2.81. The molecule has 0 radical (unpaired) electrons. The van der Waals surface area contributed by atoms with Crippen molar-refractivity contribution in [2.75, 3.05) is 53.9 Å². The van der Waals surface area contributed by atoms with Gasteiger partial charge >= 0.3 is 0 Å². The lowest BCUT2D eigenvalue weighted by atomic mass is 9.91. The monoisotopic (exact) mass is 465 g/mol. The van der Waals surface area contributed by atoms with Crippen molar-refractivity contribution in [3.05, 3.63) is 22.4 Å². The molecule has 1 aromatic heterocycles. The lowest BCUT2D eigenvalue weighted by Crippen LogP contribution is -2.55. The summed E-state index contributed by atoms with van der Waals surface area (Å²) >= 11 is 1.81. The molecular weight excluding hydrogens is 433 g/mol. The molecule has 0 saturated carbocycles. The lowest BCUT2D eigenvalue weighted by molar-refractivity contribution is 0.116. The van der Waals surface area contributed by atoms with Crippen LogP contribution in [0, 0.1) is 0 Å². The number of piperazine rings is 1. The Balaban J connectivity index is 0.00000288. The van der Waals surface area contributed by atoms with Crippen LogP contribution in [0.4, 0.5) is 0 Å². The fraction of sp³-hybridized carbons (Fsp3) is 0.706. The number of nitrogens with one attached hydrogen (secondary N) is 2. The number of guanidine groups is 1. The Kier molecular flexibility index (Phi) is 8.97. The van der Waals surface area contributed by atoms with E-state index >= 15 is 0 Å². The van der Waals surface area contributed by atoms with E-state index in [0.717, 1.165) is 38.7 Å². The van der Waals surface area contributed by atoms with Crippen molar-refractivity contribution in [1.82, 2.24) is 20.4 Å². The van der Waals surface area contributed by atoms with Crippen LogP contribution in [-0.2, 0) is 5.41 Å². The number of aliphatic imine (C=N–C) groups is 1. The van der Waals surface area contributed by atoms with E-state index in [9.17, 15) is 0 Å². The molecule has 1 atom stereocenters. The molecule has 1 fully saturated rings. The van der Waals surface area contributed by atoms with E-state index in [2.05, 4.69) is 70.9 Å². The lowest BCUT2D eigenvalue weighted by Gasteiger charge is -2.38.